The van der Waals surface area contributed by atoms with Gasteiger partial charge in [-0.15, -0.1) is 0 Å². The molecule has 4 aromatic carbocycles. The van der Waals surface area contributed by atoms with Crippen molar-refractivity contribution in [1.29, 1.82) is 0 Å². The minimum atomic E-state index is -2.64. The molecule has 0 aromatic heterocycles. The van der Waals surface area contributed by atoms with E-state index in [1.54, 1.807) is 0 Å². The van der Waals surface area contributed by atoms with Crippen molar-refractivity contribution in [3.8, 4) is 0 Å². The summed E-state index contributed by atoms with van der Waals surface area (Å²) in [6.07, 6.45) is -9.23. The monoisotopic (exact) mass is 968 g/mol. The maximum Gasteiger partial charge on any atom is 0.303 e. The van der Waals surface area contributed by atoms with E-state index in [0.29, 0.717) is 0 Å². The number of benzene rings is 4. The van der Waals surface area contributed by atoms with E-state index in [1.807, 2.05) is 121 Å². The molecule has 0 saturated carbocycles. The summed E-state index contributed by atoms with van der Waals surface area (Å²) in [5.74, 6) is -1.02. The molecule has 2 aliphatic heterocycles. The van der Waals surface area contributed by atoms with Gasteiger partial charge in [-0.1, -0.05) is 147 Å². The van der Waals surface area contributed by atoms with Crippen molar-refractivity contribution in [2.45, 2.75) is 141 Å². The molecule has 0 spiro atoms. The van der Waals surface area contributed by atoms with E-state index in [1.165, 1.54) is 13.8 Å². The number of ether oxygens (including phenoxy) is 9. The van der Waals surface area contributed by atoms with Crippen LogP contribution in [0.2, 0.25) is 18.1 Å². The first-order valence-electron chi connectivity index (χ1n) is 23.5. The van der Waals surface area contributed by atoms with Gasteiger partial charge in [-0.25, -0.2) is 0 Å². The van der Waals surface area contributed by atoms with Gasteiger partial charge in [-0.05, 0) is 45.9 Å². The van der Waals surface area contributed by atoms with Gasteiger partial charge >= 0.3 is 5.97 Å². The van der Waals surface area contributed by atoms with Crippen molar-refractivity contribution >= 4 is 20.2 Å². The molecule has 1 N–H and O–H groups in total. The summed E-state index contributed by atoms with van der Waals surface area (Å²) >= 11 is 0. The van der Waals surface area contributed by atoms with Crippen molar-refractivity contribution in [2.24, 2.45) is 5.11 Å². The number of azide groups is 1. The Morgan fingerprint density at radius 3 is 1.57 bits per heavy atom. The molecule has 16 nitrogen and oxygen atoms in total. The van der Waals surface area contributed by atoms with Crippen LogP contribution in [-0.4, -0.2) is 108 Å². The molecule has 69 heavy (non-hydrogen) atoms. The molecular weight excluding hydrogens is 901 g/mol. The smallest absolute Gasteiger partial charge is 0.303 e. The molecule has 6 rings (SSSR count). The molecule has 0 radical (unpaired) electrons. The van der Waals surface area contributed by atoms with Gasteiger partial charge in [0.15, 0.2) is 27.0 Å². The van der Waals surface area contributed by atoms with Crippen LogP contribution in [0, 0.1) is 0 Å². The van der Waals surface area contributed by atoms with Crippen molar-refractivity contribution in [2.75, 3.05) is 26.4 Å². The maximum atomic E-state index is 13.3. The second kappa shape index (κ2) is 26.3. The lowest BCUT2D eigenvalue weighted by Crippen LogP contribution is -2.70. The highest BCUT2D eigenvalue weighted by Gasteiger charge is 2.56. The first-order valence-corrected chi connectivity index (χ1v) is 26.4. The van der Waals surface area contributed by atoms with Crippen LogP contribution in [0.15, 0.2) is 126 Å². The van der Waals surface area contributed by atoms with Crippen LogP contribution < -0.4 is 5.32 Å². The van der Waals surface area contributed by atoms with E-state index in [9.17, 15) is 9.59 Å². The molecular formula is C52H68N4O12Si. The number of carbonyl (C=O) groups is 2. The highest BCUT2D eigenvalue weighted by molar-refractivity contribution is 6.74. The normalized spacial score (nSPS) is 25.0. The molecule has 2 fully saturated rings. The third-order valence-corrected chi connectivity index (χ3v) is 16.8. The summed E-state index contributed by atoms with van der Waals surface area (Å²) in [5, 5.41) is 6.44. The number of hydrogen-bond acceptors (Lipinski definition) is 13. The van der Waals surface area contributed by atoms with Crippen LogP contribution >= 0.6 is 0 Å². The first-order chi connectivity index (χ1) is 33.2. The lowest BCUT2D eigenvalue weighted by atomic mass is 9.94. The van der Waals surface area contributed by atoms with Gasteiger partial charge in [0, 0.05) is 25.3 Å². The number of nitrogens with one attached hydrogen (secondary N) is 1. The van der Waals surface area contributed by atoms with Crippen LogP contribution in [0.4, 0.5) is 0 Å². The second-order valence-electron chi connectivity index (χ2n) is 18.7. The zero-order valence-corrected chi connectivity index (χ0v) is 41.7. The van der Waals surface area contributed by atoms with E-state index < -0.39 is 81.5 Å². The van der Waals surface area contributed by atoms with E-state index in [2.05, 4.69) is 49.2 Å². The Morgan fingerprint density at radius 1 is 0.638 bits per heavy atom. The van der Waals surface area contributed by atoms with Gasteiger partial charge < -0.3 is 52.4 Å². The summed E-state index contributed by atoms with van der Waals surface area (Å²) < 4.78 is 67.2. The summed E-state index contributed by atoms with van der Waals surface area (Å²) in [6.45, 7) is 14.1. The van der Waals surface area contributed by atoms with Crippen molar-refractivity contribution in [1.82, 2.24) is 5.32 Å². The fraction of sp³-hybridized carbons (Fsp3) is 0.500. The molecule has 17 heteroatoms. The van der Waals surface area contributed by atoms with Crippen LogP contribution in [-0.2, 0) is 83.1 Å². The van der Waals surface area contributed by atoms with E-state index in [-0.39, 0.29) is 57.8 Å². The molecule has 2 aliphatic rings. The first kappa shape index (κ1) is 53.3. The molecule has 2 heterocycles. The van der Waals surface area contributed by atoms with Crippen LogP contribution in [0.5, 0.6) is 0 Å². The number of nitrogens with zero attached hydrogens (tertiary/aromatic N) is 3. The van der Waals surface area contributed by atoms with Gasteiger partial charge in [0.2, 0.25) is 5.91 Å². The van der Waals surface area contributed by atoms with Crippen molar-refractivity contribution in [3.05, 3.63) is 154 Å². The Kier molecular flexibility index (Phi) is 20.3. The Balaban J connectivity index is 1.45. The highest BCUT2D eigenvalue weighted by atomic mass is 28.4. The standard InChI is InChI=1S/C52H68N4O12Si/c1-36(57)55-44-47(64-37(2)58)46(68-69(6,7)52(3,4)5)43(35-60-31-39-22-14-9-15-23-39)65-50(44)67-48-45(62-32-40-24-16-10-17-25-40)42(34-59-30-38-20-12-8-13-21-38)66-51(61-29-28-54-56-53)49(48)63-33-41-26-18-11-19-27-41/h8-27,42-51H,28-35H2,1-7H3,(H,55,57)/t42-,43-,44-,45+,46-,47-,48+,49-,50+,51+/m1/s1. The molecule has 10 atom stereocenters. The Hall–Kier alpha value is -5.01. The Bertz CT molecular complexity index is 2200. The Morgan fingerprint density at radius 2 is 1.10 bits per heavy atom. The topological polar surface area (TPSA) is 187 Å². The van der Waals surface area contributed by atoms with Gasteiger partial charge in [0.05, 0.1) is 46.2 Å². The minimum Gasteiger partial charge on any atom is -0.457 e. The third-order valence-electron chi connectivity index (χ3n) is 12.3. The summed E-state index contributed by atoms with van der Waals surface area (Å²) in [4.78, 5) is 29.5. The largest absolute Gasteiger partial charge is 0.457 e. The van der Waals surface area contributed by atoms with Crippen LogP contribution in [0.1, 0.15) is 56.9 Å². The molecule has 372 valence electrons. The quantitative estimate of drug-likeness (QED) is 0.0176. The van der Waals surface area contributed by atoms with Gasteiger partial charge in [0.25, 0.3) is 0 Å². The molecule has 0 aliphatic carbocycles. The Labute approximate surface area is 406 Å². The SMILES string of the molecule is CC(=O)N[C@H]1[C@H](O[C@H]2[C@@H](OCc3ccccc3)[C@@H](COCc3ccccc3)O[C@H](OCCN=[N+]=[N-])[C@@H]2OCc2ccccc2)O[C@H](COCc2ccccc2)[C@@H](O[Si](C)(C)C(C)(C)C)[C@@H]1OC(C)=O. The molecule has 0 bridgehead atoms. The predicted molar refractivity (Wildman–Crippen MR) is 260 cm³/mol. The number of carbonyl (C=O) groups excluding carboxylic acids is 2. The van der Waals surface area contributed by atoms with E-state index in [0.717, 1.165) is 22.3 Å². The average Bonchev–Trinajstić information content (AvgIpc) is 3.32. The molecule has 2 saturated heterocycles. The third kappa shape index (κ3) is 16.0. The fourth-order valence-corrected chi connectivity index (χ4v) is 9.21. The lowest BCUT2D eigenvalue weighted by Gasteiger charge is -2.52. The zero-order chi connectivity index (χ0) is 49.2. The van der Waals surface area contributed by atoms with E-state index in [4.69, 9.17) is 52.6 Å². The number of hydrogen-bond donors (Lipinski definition) is 1. The van der Waals surface area contributed by atoms with Crippen molar-refractivity contribution < 1.29 is 56.6 Å². The van der Waals surface area contributed by atoms with Crippen LogP contribution in [0.3, 0.4) is 0 Å². The molecule has 0 unspecified atom stereocenters. The average molecular weight is 969 g/mol. The zero-order valence-electron chi connectivity index (χ0n) is 40.7. The van der Waals surface area contributed by atoms with Crippen LogP contribution in [0.25, 0.3) is 10.4 Å². The predicted octanol–water partition coefficient (Wildman–Crippen LogP) is 8.58. The van der Waals surface area contributed by atoms with Gasteiger partial charge in [-0.3, -0.25) is 9.59 Å². The maximum absolute atomic E-state index is 13.3. The molecule has 4 aromatic rings. The van der Waals surface area contributed by atoms with Gasteiger partial charge in [-0.2, -0.15) is 0 Å². The number of rotatable bonds is 24. The van der Waals surface area contributed by atoms with Crippen molar-refractivity contribution in [3.63, 3.8) is 0 Å². The van der Waals surface area contributed by atoms with Gasteiger partial charge in [0.1, 0.15) is 42.7 Å². The highest BCUT2D eigenvalue weighted by Crippen LogP contribution is 2.41. The number of amides is 1. The van der Waals surface area contributed by atoms with E-state index >= 15 is 0 Å². The second-order valence-corrected chi connectivity index (χ2v) is 23.4. The minimum absolute atomic E-state index is 0.00927. The summed E-state index contributed by atoms with van der Waals surface area (Å²) in [5.41, 5.74) is 12.8. The summed E-state index contributed by atoms with van der Waals surface area (Å²) in [6, 6.07) is 37.7. The lowest BCUT2D eigenvalue weighted by molar-refractivity contribution is -0.360. The number of esters is 1. The summed E-state index contributed by atoms with van der Waals surface area (Å²) in [7, 11) is -2.64. The fourth-order valence-electron chi connectivity index (χ4n) is 7.89. The molecule has 1 amide bonds.